The first-order valence-corrected chi connectivity index (χ1v) is 11.9. The molecule has 0 aliphatic heterocycles. The number of carbonyl (C=O) groups is 1. The SMILES string of the molecule is O=C(Cc1ccc(CF)nc1)NCc1ccc(/C=C/C(c2cc(Cl)c(Cl)c(Cl)c2)C(F)(F)F)cc1Cl. The van der Waals surface area contributed by atoms with Gasteiger partial charge in [-0.25, -0.2) is 4.39 Å². The van der Waals surface area contributed by atoms with Gasteiger partial charge >= 0.3 is 6.18 Å². The Morgan fingerprint density at radius 2 is 1.69 bits per heavy atom. The molecule has 1 amide bonds. The number of benzene rings is 2. The van der Waals surface area contributed by atoms with E-state index in [4.69, 9.17) is 46.4 Å². The molecular weight excluding hydrogens is 562 g/mol. The Hall–Kier alpha value is -2.32. The number of rotatable bonds is 8. The van der Waals surface area contributed by atoms with Gasteiger partial charge in [0.05, 0.1) is 33.1 Å². The van der Waals surface area contributed by atoms with Crippen molar-refractivity contribution in [3.63, 3.8) is 0 Å². The van der Waals surface area contributed by atoms with Crippen molar-refractivity contribution in [2.24, 2.45) is 0 Å². The Balaban J connectivity index is 1.68. The molecule has 1 unspecified atom stereocenters. The number of nitrogens with zero attached hydrogens (tertiary/aromatic N) is 1. The van der Waals surface area contributed by atoms with Crippen LogP contribution in [0.3, 0.4) is 0 Å². The molecule has 1 atom stereocenters. The number of alkyl halides is 4. The fourth-order valence-electron chi connectivity index (χ4n) is 3.26. The third kappa shape index (κ3) is 7.59. The van der Waals surface area contributed by atoms with Crippen molar-refractivity contribution >= 4 is 58.4 Å². The average Bonchev–Trinajstić information content (AvgIpc) is 2.81. The van der Waals surface area contributed by atoms with E-state index in [0.29, 0.717) is 16.7 Å². The number of hydrogen-bond acceptors (Lipinski definition) is 2. The van der Waals surface area contributed by atoms with Crippen molar-refractivity contribution in [3.8, 4) is 0 Å². The summed E-state index contributed by atoms with van der Waals surface area (Å²) in [5, 5.41) is 2.81. The highest BCUT2D eigenvalue weighted by molar-refractivity contribution is 6.48. The van der Waals surface area contributed by atoms with Crippen LogP contribution in [0.15, 0.2) is 54.7 Å². The van der Waals surface area contributed by atoms with Crippen molar-refractivity contribution in [2.75, 3.05) is 0 Å². The van der Waals surface area contributed by atoms with E-state index in [1.807, 2.05) is 0 Å². The van der Waals surface area contributed by atoms with Crippen LogP contribution in [0.1, 0.15) is 33.9 Å². The van der Waals surface area contributed by atoms with Gasteiger partial charge in [-0.1, -0.05) is 76.8 Å². The molecule has 0 radical (unpaired) electrons. The molecule has 3 nitrogen and oxygen atoms in total. The average molecular weight is 580 g/mol. The molecule has 0 aliphatic rings. The molecule has 0 saturated heterocycles. The number of halogens is 8. The summed E-state index contributed by atoms with van der Waals surface area (Å²) in [7, 11) is 0. The first-order valence-electron chi connectivity index (χ1n) is 10.4. The summed E-state index contributed by atoms with van der Waals surface area (Å²) in [6.07, 6.45) is -0.854. The van der Waals surface area contributed by atoms with E-state index in [1.165, 1.54) is 24.4 Å². The maximum atomic E-state index is 13.7. The Labute approximate surface area is 225 Å². The fourth-order valence-corrected chi connectivity index (χ4v) is 4.13. The van der Waals surface area contributed by atoms with Crippen LogP contribution in [0.5, 0.6) is 0 Å². The molecule has 0 bridgehead atoms. The summed E-state index contributed by atoms with van der Waals surface area (Å²) in [5.41, 5.74) is 1.76. The zero-order valence-corrected chi connectivity index (χ0v) is 21.4. The second-order valence-corrected chi connectivity index (χ2v) is 9.37. The summed E-state index contributed by atoms with van der Waals surface area (Å²) in [6, 6.07) is 10.1. The maximum absolute atomic E-state index is 13.7. The van der Waals surface area contributed by atoms with E-state index < -0.39 is 18.8 Å². The number of nitrogens with one attached hydrogen (secondary N) is 1. The summed E-state index contributed by atoms with van der Waals surface area (Å²) >= 11 is 23.9. The van der Waals surface area contributed by atoms with Crippen molar-refractivity contribution in [2.45, 2.75) is 31.7 Å². The Morgan fingerprint density at radius 3 is 2.25 bits per heavy atom. The van der Waals surface area contributed by atoms with Gasteiger partial charge in [0.1, 0.15) is 6.67 Å². The van der Waals surface area contributed by atoms with Crippen LogP contribution < -0.4 is 5.32 Å². The molecule has 36 heavy (non-hydrogen) atoms. The van der Waals surface area contributed by atoms with Crippen molar-refractivity contribution in [3.05, 3.63) is 103 Å². The lowest BCUT2D eigenvalue weighted by molar-refractivity contribution is -0.139. The van der Waals surface area contributed by atoms with Gasteiger partial charge in [0.2, 0.25) is 5.91 Å². The molecular formula is C25H18Cl4F4N2O. The predicted octanol–water partition coefficient (Wildman–Crippen LogP) is 8.38. The molecule has 1 aromatic heterocycles. The number of hydrogen-bond donors (Lipinski definition) is 1. The number of pyridine rings is 1. The molecule has 0 spiro atoms. The summed E-state index contributed by atoms with van der Waals surface area (Å²) in [5.74, 6) is -2.27. The van der Waals surface area contributed by atoms with Crippen LogP contribution in [-0.4, -0.2) is 17.1 Å². The van der Waals surface area contributed by atoms with Gasteiger partial charge in [-0.05, 0) is 46.5 Å². The van der Waals surface area contributed by atoms with E-state index >= 15 is 0 Å². The van der Waals surface area contributed by atoms with E-state index in [1.54, 1.807) is 18.2 Å². The second-order valence-electron chi connectivity index (χ2n) is 7.77. The zero-order valence-electron chi connectivity index (χ0n) is 18.4. The van der Waals surface area contributed by atoms with Crippen LogP contribution in [-0.2, 0) is 24.4 Å². The van der Waals surface area contributed by atoms with Gasteiger partial charge in [-0.3, -0.25) is 9.78 Å². The second kappa shape index (κ2) is 12.3. The zero-order chi connectivity index (χ0) is 26.5. The molecule has 1 heterocycles. The van der Waals surface area contributed by atoms with E-state index in [-0.39, 0.29) is 50.2 Å². The molecule has 3 aromatic rings. The fraction of sp³-hybridized carbons (Fsp3) is 0.200. The summed E-state index contributed by atoms with van der Waals surface area (Å²) in [4.78, 5) is 16.1. The van der Waals surface area contributed by atoms with Gasteiger partial charge in [0.15, 0.2) is 0 Å². The molecule has 3 rings (SSSR count). The minimum atomic E-state index is -4.60. The van der Waals surface area contributed by atoms with Gasteiger partial charge in [0, 0.05) is 17.8 Å². The van der Waals surface area contributed by atoms with Crippen LogP contribution in [0.2, 0.25) is 20.1 Å². The van der Waals surface area contributed by atoms with Gasteiger partial charge in [-0.2, -0.15) is 13.2 Å². The van der Waals surface area contributed by atoms with E-state index in [2.05, 4.69) is 10.3 Å². The van der Waals surface area contributed by atoms with E-state index in [9.17, 15) is 22.4 Å². The highest BCUT2D eigenvalue weighted by atomic mass is 35.5. The predicted molar refractivity (Wildman–Crippen MR) is 135 cm³/mol. The first-order chi connectivity index (χ1) is 17.0. The third-order valence-corrected chi connectivity index (χ3v) is 6.69. The van der Waals surface area contributed by atoms with Gasteiger partial charge in [0.25, 0.3) is 0 Å². The van der Waals surface area contributed by atoms with Crippen LogP contribution in [0, 0.1) is 0 Å². The van der Waals surface area contributed by atoms with E-state index in [0.717, 1.165) is 18.2 Å². The molecule has 0 aliphatic carbocycles. The lowest BCUT2D eigenvalue weighted by Crippen LogP contribution is -2.24. The first kappa shape index (κ1) is 28.3. The molecule has 0 fully saturated rings. The van der Waals surface area contributed by atoms with Crippen molar-refractivity contribution in [1.29, 1.82) is 0 Å². The summed E-state index contributed by atoms with van der Waals surface area (Å²) < 4.78 is 53.7. The largest absolute Gasteiger partial charge is 0.399 e. The molecule has 190 valence electrons. The van der Waals surface area contributed by atoms with Crippen molar-refractivity contribution < 1.29 is 22.4 Å². The monoisotopic (exact) mass is 578 g/mol. The Kier molecular flexibility index (Phi) is 9.64. The van der Waals surface area contributed by atoms with Crippen molar-refractivity contribution in [1.82, 2.24) is 10.3 Å². The van der Waals surface area contributed by atoms with Crippen LogP contribution in [0.4, 0.5) is 17.6 Å². The number of allylic oxidation sites excluding steroid dienone is 1. The minimum Gasteiger partial charge on any atom is -0.352 e. The molecule has 2 aromatic carbocycles. The van der Waals surface area contributed by atoms with Gasteiger partial charge < -0.3 is 5.32 Å². The smallest absolute Gasteiger partial charge is 0.352 e. The Bertz CT molecular complexity index is 1240. The van der Waals surface area contributed by atoms with Crippen LogP contribution >= 0.6 is 46.4 Å². The minimum absolute atomic E-state index is 0.0205. The Morgan fingerprint density at radius 1 is 1.00 bits per heavy atom. The highest BCUT2D eigenvalue weighted by Crippen LogP contribution is 2.41. The highest BCUT2D eigenvalue weighted by Gasteiger charge is 2.39. The lowest BCUT2D eigenvalue weighted by Gasteiger charge is -2.18. The van der Waals surface area contributed by atoms with Crippen LogP contribution in [0.25, 0.3) is 6.08 Å². The number of aromatic nitrogens is 1. The normalized spacial score (nSPS) is 12.7. The quantitative estimate of drug-likeness (QED) is 0.215. The third-order valence-electron chi connectivity index (χ3n) is 5.14. The van der Waals surface area contributed by atoms with Gasteiger partial charge in [-0.15, -0.1) is 0 Å². The molecule has 11 heteroatoms. The standard InChI is InChI=1S/C25H18Cl4F4N2O/c26-20-7-14(3-6-19(25(31,32)33)17-9-21(27)24(29)22(28)10-17)1-4-16(20)13-35-23(36)8-15-2-5-18(11-30)34-12-15/h1-7,9-10,12,19H,8,11,13H2,(H,35,36)/b6-3+. The maximum Gasteiger partial charge on any atom is 0.399 e. The number of amides is 1. The topological polar surface area (TPSA) is 42.0 Å². The molecule has 1 N–H and O–H groups in total. The summed E-state index contributed by atoms with van der Waals surface area (Å²) in [6.45, 7) is -0.568. The lowest BCUT2D eigenvalue weighted by atomic mass is 9.97. The molecule has 0 saturated carbocycles. The number of carbonyl (C=O) groups excluding carboxylic acids is 1.